The van der Waals surface area contributed by atoms with Crippen LogP contribution in [-0.2, 0) is 11.2 Å². The number of benzene rings is 1. The molecule has 15 heavy (non-hydrogen) atoms. The van der Waals surface area contributed by atoms with E-state index in [-0.39, 0.29) is 5.78 Å². The summed E-state index contributed by atoms with van der Waals surface area (Å²) in [4.78, 5) is 11.1. The average Bonchev–Trinajstić information content (AvgIpc) is 2.62. The van der Waals surface area contributed by atoms with Gasteiger partial charge in [-0.05, 0) is 25.1 Å². The van der Waals surface area contributed by atoms with Crippen LogP contribution in [0.25, 0.3) is 11.0 Å². The first kappa shape index (κ1) is 9.77. The van der Waals surface area contributed by atoms with E-state index in [4.69, 9.17) is 9.15 Å². The summed E-state index contributed by atoms with van der Waals surface area (Å²) in [5.74, 6) is 0.846. The van der Waals surface area contributed by atoms with Gasteiger partial charge in [0.15, 0.2) is 0 Å². The molecule has 0 unspecified atom stereocenters. The molecule has 2 aromatic rings. The Labute approximate surface area is 87.6 Å². The van der Waals surface area contributed by atoms with Crippen LogP contribution < -0.4 is 4.74 Å². The van der Waals surface area contributed by atoms with Gasteiger partial charge in [0.1, 0.15) is 17.1 Å². The average molecular weight is 204 g/mol. The number of hydrogen-bond acceptors (Lipinski definition) is 3. The Morgan fingerprint density at radius 1 is 1.47 bits per heavy atom. The molecule has 0 aliphatic rings. The number of fused-ring (bicyclic) bond motifs is 1. The number of rotatable bonds is 3. The van der Waals surface area contributed by atoms with Crippen molar-refractivity contribution in [2.75, 3.05) is 7.11 Å². The van der Waals surface area contributed by atoms with Crippen LogP contribution >= 0.6 is 0 Å². The largest absolute Gasteiger partial charge is 0.496 e. The molecule has 1 heterocycles. The number of carbonyl (C=O) groups is 1. The number of methoxy groups -OCH3 is 1. The van der Waals surface area contributed by atoms with E-state index in [1.807, 2.05) is 18.2 Å². The third-order valence-corrected chi connectivity index (χ3v) is 2.29. The minimum atomic E-state index is 0.110. The Morgan fingerprint density at radius 2 is 2.27 bits per heavy atom. The maximum Gasteiger partial charge on any atom is 0.134 e. The zero-order valence-corrected chi connectivity index (χ0v) is 8.74. The fraction of sp³-hybridized carbons (Fsp3) is 0.250. The van der Waals surface area contributed by atoms with Crippen molar-refractivity contribution in [2.24, 2.45) is 0 Å². The van der Waals surface area contributed by atoms with Gasteiger partial charge in [-0.3, -0.25) is 4.79 Å². The summed E-state index contributed by atoms with van der Waals surface area (Å²) in [6.45, 7) is 1.56. The van der Waals surface area contributed by atoms with E-state index in [1.165, 1.54) is 0 Å². The van der Waals surface area contributed by atoms with Gasteiger partial charge < -0.3 is 9.15 Å². The van der Waals surface area contributed by atoms with Crippen LogP contribution in [0.2, 0.25) is 0 Å². The summed E-state index contributed by atoms with van der Waals surface area (Å²) in [7, 11) is 1.60. The van der Waals surface area contributed by atoms with Crippen LogP contribution in [0.3, 0.4) is 0 Å². The molecule has 0 saturated heterocycles. The third-order valence-electron chi connectivity index (χ3n) is 2.29. The van der Waals surface area contributed by atoms with E-state index in [2.05, 4.69) is 0 Å². The lowest BCUT2D eigenvalue weighted by Crippen LogP contribution is -1.99. The Balaban J connectivity index is 2.54. The lowest BCUT2D eigenvalue weighted by molar-refractivity contribution is -0.116. The van der Waals surface area contributed by atoms with Crippen LogP contribution in [0.4, 0.5) is 0 Å². The van der Waals surface area contributed by atoms with Crippen molar-refractivity contribution in [3.63, 3.8) is 0 Å². The quantitative estimate of drug-likeness (QED) is 0.771. The monoisotopic (exact) mass is 204 g/mol. The highest BCUT2D eigenvalue weighted by molar-refractivity contribution is 5.84. The predicted molar refractivity (Wildman–Crippen MR) is 57.2 cm³/mol. The van der Waals surface area contributed by atoms with Gasteiger partial charge in [-0.2, -0.15) is 0 Å². The maximum atomic E-state index is 11.1. The molecule has 0 N–H and O–H groups in total. The van der Waals surface area contributed by atoms with Gasteiger partial charge >= 0.3 is 0 Å². The first-order valence-corrected chi connectivity index (χ1v) is 4.74. The first-order valence-electron chi connectivity index (χ1n) is 4.74. The van der Waals surface area contributed by atoms with Gasteiger partial charge in [-0.15, -0.1) is 0 Å². The van der Waals surface area contributed by atoms with Crippen LogP contribution in [0.15, 0.2) is 28.9 Å². The summed E-state index contributed by atoms with van der Waals surface area (Å²) in [6, 6.07) is 5.61. The Hall–Kier alpha value is -1.77. The van der Waals surface area contributed by atoms with Gasteiger partial charge in [-0.1, -0.05) is 0 Å². The van der Waals surface area contributed by atoms with E-state index in [0.717, 1.165) is 22.3 Å². The molecule has 3 heteroatoms. The van der Waals surface area contributed by atoms with Crippen molar-refractivity contribution < 1.29 is 13.9 Å². The molecule has 0 radical (unpaired) electrons. The number of furan rings is 1. The molecule has 3 nitrogen and oxygen atoms in total. The lowest BCUT2D eigenvalue weighted by atomic mass is 10.1. The molecule has 1 aromatic carbocycles. The standard InChI is InChI=1S/C12H12O3/c1-8(13)5-10-7-12-9(3-4-15-12)6-11(10)14-2/h3-4,6-7H,5H2,1-2H3. The molecule has 2 rings (SSSR count). The normalized spacial score (nSPS) is 10.5. The summed E-state index contributed by atoms with van der Waals surface area (Å²) in [5, 5.41) is 0.985. The van der Waals surface area contributed by atoms with Gasteiger partial charge in [0.2, 0.25) is 0 Å². The fourth-order valence-electron chi connectivity index (χ4n) is 1.63. The summed E-state index contributed by atoms with van der Waals surface area (Å²) in [5.41, 5.74) is 1.65. The van der Waals surface area contributed by atoms with E-state index < -0.39 is 0 Å². The van der Waals surface area contributed by atoms with Crippen molar-refractivity contribution in [3.05, 3.63) is 30.0 Å². The SMILES string of the molecule is COc1cc2ccoc2cc1CC(C)=O. The number of ether oxygens (including phenoxy) is 1. The highest BCUT2D eigenvalue weighted by atomic mass is 16.5. The number of carbonyl (C=O) groups excluding carboxylic acids is 1. The van der Waals surface area contributed by atoms with Crippen LogP contribution in [0.1, 0.15) is 12.5 Å². The molecule has 0 amide bonds. The minimum Gasteiger partial charge on any atom is -0.496 e. The maximum absolute atomic E-state index is 11.1. The van der Waals surface area contributed by atoms with Crippen molar-refractivity contribution in [3.8, 4) is 5.75 Å². The summed E-state index contributed by atoms with van der Waals surface area (Å²) in [6.07, 6.45) is 2.00. The molecule has 0 aliphatic carbocycles. The van der Waals surface area contributed by atoms with Crippen LogP contribution in [-0.4, -0.2) is 12.9 Å². The topological polar surface area (TPSA) is 39.4 Å². The zero-order chi connectivity index (χ0) is 10.8. The molecule has 0 bridgehead atoms. The van der Waals surface area contributed by atoms with Crippen LogP contribution in [0, 0.1) is 0 Å². The highest BCUT2D eigenvalue weighted by Crippen LogP contribution is 2.27. The number of ketones is 1. The van der Waals surface area contributed by atoms with Crippen LogP contribution in [0.5, 0.6) is 5.75 Å². The lowest BCUT2D eigenvalue weighted by Gasteiger charge is -2.06. The molecule has 0 saturated carbocycles. The summed E-state index contributed by atoms with van der Waals surface area (Å²) < 4.78 is 10.5. The molecule has 1 aromatic heterocycles. The minimum absolute atomic E-state index is 0.110. The predicted octanol–water partition coefficient (Wildman–Crippen LogP) is 2.57. The van der Waals surface area contributed by atoms with Crippen molar-refractivity contribution in [1.82, 2.24) is 0 Å². The smallest absolute Gasteiger partial charge is 0.134 e. The molecule has 0 fully saturated rings. The fourth-order valence-corrected chi connectivity index (χ4v) is 1.63. The molecular weight excluding hydrogens is 192 g/mol. The highest BCUT2D eigenvalue weighted by Gasteiger charge is 2.09. The zero-order valence-electron chi connectivity index (χ0n) is 8.74. The van der Waals surface area contributed by atoms with Crippen molar-refractivity contribution in [1.29, 1.82) is 0 Å². The second-order valence-corrected chi connectivity index (χ2v) is 3.50. The van der Waals surface area contributed by atoms with E-state index >= 15 is 0 Å². The second-order valence-electron chi connectivity index (χ2n) is 3.50. The van der Waals surface area contributed by atoms with Gasteiger partial charge in [0.25, 0.3) is 0 Å². The number of hydrogen-bond donors (Lipinski definition) is 0. The Bertz CT molecular complexity index is 497. The third kappa shape index (κ3) is 1.86. The van der Waals surface area contributed by atoms with Gasteiger partial charge in [0, 0.05) is 17.4 Å². The molecule has 78 valence electrons. The van der Waals surface area contributed by atoms with E-state index in [1.54, 1.807) is 20.3 Å². The Morgan fingerprint density at radius 3 is 2.93 bits per heavy atom. The van der Waals surface area contributed by atoms with E-state index in [0.29, 0.717) is 6.42 Å². The molecule has 0 atom stereocenters. The van der Waals surface area contributed by atoms with Gasteiger partial charge in [0.05, 0.1) is 13.4 Å². The van der Waals surface area contributed by atoms with E-state index in [9.17, 15) is 4.79 Å². The second kappa shape index (κ2) is 3.77. The molecular formula is C12H12O3. The van der Waals surface area contributed by atoms with Gasteiger partial charge in [-0.25, -0.2) is 0 Å². The first-order chi connectivity index (χ1) is 7.20. The molecule has 0 spiro atoms. The summed E-state index contributed by atoms with van der Waals surface area (Å²) >= 11 is 0. The molecule has 0 aliphatic heterocycles. The Kier molecular flexibility index (Phi) is 2.46. The number of Topliss-reactive ketones (excluding diaryl/α,β-unsaturated/α-hetero) is 1. The van der Waals surface area contributed by atoms with Crippen molar-refractivity contribution >= 4 is 16.8 Å². The van der Waals surface area contributed by atoms with Crippen molar-refractivity contribution in [2.45, 2.75) is 13.3 Å².